The quantitative estimate of drug-likeness (QED) is 0.792. The van der Waals surface area contributed by atoms with Gasteiger partial charge in [0.1, 0.15) is 0 Å². The molecule has 1 rings (SSSR count). The van der Waals surface area contributed by atoms with Crippen molar-refractivity contribution in [3.8, 4) is 6.07 Å². The maximum absolute atomic E-state index is 12.1. The number of hydrogen-bond donors (Lipinski definition) is 1. The number of hydrogen-bond acceptors (Lipinski definition) is 3. The van der Waals surface area contributed by atoms with Gasteiger partial charge >= 0.3 is 0 Å². The van der Waals surface area contributed by atoms with Crippen molar-refractivity contribution in [2.24, 2.45) is 5.73 Å². The average Bonchev–Trinajstić information content (AvgIpc) is 2.30. The van der Waals surface area contributed by atoms with Gasteiger partial charge in [0, 0.05) is 25.0 Å². The number of nitriles is 1. The predicted octanol–water partition coefficient (Wildman–Crippen LogP) is 1.80. The van der Waals surface area contributed by atoms with Gasteiger partial charge in [-0.1, -0.05) is 19.3 Å². The smallest absolute Gasteiger partial charge is 0.224 e. The molecule has 0 heterocycles. The first-order valence-corrected chi connectivity index (χ1v) is 6.55. The minimum Gasteiger partial charge on any atom is -0.342 e. The lowest BCUT2D eigenvalue weighted by Crippen LogP contribution is -2.47. The topological polar surface area (TPSA) is 70.1 Å². The molecule has 4 heteroatoms. The van der Waals surface area contributed by atoms with Crippen LogP contribution in [0.4, 0.5) is 0 Å². The van der Waals surface area contributed by atoms with Gasteiger partial charge in [0.15, 0.2) is 0 Å². The van der Waals surface area contributed by atoms with Crippen molar-refractivity contribution in [2.45, 2.75) is 57.4 Å². The Hall–Kier alpha value is -1.08. The normalized spacial score (nSPS) is 18.4. The molecule has 0 aromatic rings. The van der Waals surface area contributed by atoms with E-state index in [0.29, 0.717) is 25.9 Å². The fourth-order valence-corrected chi connectivity index (χ4v) is 2.49. The van der Waals surface area contributed by atoms with E-state index in [-0.39, 0.29) is 11.4 Å². The molecule has 2 N–H and O–H groups in total. The summed E-state index contributed by atoms with van der Waals surface area (Å²) >= 11 is 0. The average molecular weight is 237 g/mol. The van der Waals surface area contributed by atoms with Crippen LogP contribution < -0.4 is 5.73 Å². The summed E-state index contributed by atoms with van der Waals surface area (Å²) in [4.78, 5) is 13.8. The number of nitrogens with two attached hydrogens (primary N) is 1. The van der Waals surface area contributed by atoms with E-state index in [0.717, 1.165) is 25.7 Å². The Kier molecular flexibility index (Phi) is 5.43. The first-order chi connectivity index (χ1) is 8.11. The van der Waals surface area contributed by atoms with Crippen molar-refractivity contribution in [3.05, 3.63) is 0 Å². The SMILES string of the molecule is CCN(CCC#N)C(=O)CC1(N)CCCCC1. The van der Waals surface area contributed by atoms with Crippen LogP contribution in [0.5, 0.6) is 0 Å². The minimum atomic E-state index is -0.296. The first kappa shape index (κ1) is 14.0. The zero-order chi connectivity index (χ0) is 12.7. The van der Waals surface area contributed by atoms with Crippen LogP contribution >= 0.6 is 0 Å². The van der Waals surface area contributed by atoms with E-state index in [4.69, 9.17) is 11.0 Å². The largest absolute Gasteiger partial charge is 0.342 e. The second-order valence-electron chi connectivity index (χ2n) is 4.98. The van der Waals surface area contributed by atoms with Crippen molar-refractivity contribution >= 4 is 5.91 Å². The molecule has 0 saturated heterocycles. The van der Waals surface area contributed by atoms with Gasteiger partial charge in [0.2, 0.25) is 5.91 Å². The lowest BCUT2D eigenvalue weighted by Gasteiger charge is -2.34. The number of rotatable bonds is 5. The molecule has 1 fully saturated rings. The molecular formula is C13H23N3O. The molecule has 1 aliphatic carbocycles. The number of carbonyl (C=O) groups excluding carboxylic acids is 1. The van der Waals surface area contributed by atoms with E-state index < -0.39 is 0 Å². The molecule has 0 atom stereocenters. The third-order valence-corrected chi connectivity index (χ3v) is 3.58. The minimum absolute atomic E-state index is 0.104. The highest BCUT2D eigenvalue weighted by Gasteiger charge is 2.31. The summed E-state index contributed by atoms with van der Waals surface area (Å²) in [7, 11) is 0. The Morgan fingerprint density at radius 2 is 2.06 bits per heavy atom. The zero-order valence-electron chi connectivity index (χ0n) is 10.7. The highest BCUT2D eigenvalue weighted by atomic mass is 16.2. The Morgan fingerprint density at radius 1 is 1.41 bits per heavy atom. The van der Waals surface area contributed by atoms with E-state index in [1.165, 1.54) is 6.42 Å². The fourth-order valence-electron chi connectivity index (χ4n) is 2.49. The van der Waals surface area contributed by atoms with Crippen LogP contribution in [0.25, 0.3) is 0 Å². The fraction of sp³-hybridized carbons (Fsp3) is 0.846. The van der Waals surface area contributed by atoms with Crippen LogP contribution in [0, 0.1) is 11.3 Å². The first-order valence-electron chi connectivity index (χ1n) is 6.55. The number of amides is 1. The van der Waals surface area contributed by atoms with Gasteiger partial charge in [0.05, 0.1) is 12.5 Å². The molecule has 17 heavy (non-hydrogen) atoms. The molecule has 1 aliphatic rings. The van der Waals surface area contributed by atoms with Crippen LogP contribution in [0.1, 0.15) is 51.9 Å². The summed E-state index contributed by atoms with van der Waals surface area (Å²) in [6.07, 6.45) is 6.24. The molecule has 1 saturated carbocycles. The summed E-state index contributed by atoms with van der Waals surface area (Å²) in [6, 6.07) is 2.08. The molecule has 0 aliphatic heterocycles. The third kappa shape index (κ3) is 4.35. The van der Waals surface area contributed by atoms with E-state index in [9.17, 15) is 4.79 Å². The molecule has 4 nitrogen and oxygen atoms in total. The predicted molar refractivity (Wildman–Crippen MR) is 67.1 cm³/mol. The molecule has 96 valence electrons. The van der Waals surface area contributed by atoms with Gasteiger partial charge in [-0.05, 0) is 19.8 Å². The van der Waals surface area contributed by atoms with Crippen molar-refractivity contribution in [3.63, 3.8) is 0 Å². The van der Waals surface area contributed by atoms with Gasteiger partial charge in [-0.15, -0.1) is 0 Å². The standard InChI is InChI=1S/C13H23N3O/c1-2-16(10-6-9-14)12(17)11-13(15)7-4-3-5-8-13/h2-8,10-11,15H2,1H3. The van der Waals surface area contributed by atoms with Crippen LogP contribution in [0.3, 0.4) is 0 Å². The summed E-state index contributed by atoms with van der Waals surface area (Å²) < 4.78 is 0. The molecule has 1 amide bonds. The van der Waals surface area contributed by atoms with Gasteiger partial charge in [-0.2, -0.15) is 5.26 Å². The molecule has 0 bridgehead atoms. The van der Waals surface area contributed by atoms with E-state index >= 15 is 0 Å². The molecule has 0 spiro atoms. The molecule has 0 aromatic heterocycles. The summed E-state index contributed by atoms with van der Waals surface area (Å²) in [6.45, 7) is 3.14. The molecular weight excluding hydrogens is 214 g/mol. The van der Waals surface area contributed by atoms with Crippen LogP contribution in [0.15, 0.2) is 0 Å². The summed E-state index contributed by atoms with van der Waals surface area (Å²) in [5, 5.41) is 8.55. The Labute approximate surface area is 104 Å². The lowest BCUT2D eigenvalue weighted by molar-refractivity contribution is -0.132. The van der Waals surface area contributed by atoms with Crippen molar-refractivity contribution in [2.75, 3.05) is 13.1 Å². The van der Waals surface area contributed by atoms with E-state index in [2.05, 4.69) is 6.07 Å². The van der Waals surface area contributed by atoms with E-state index in [1.54, 1.807) is 4.90 Å². The Balaban J connectivity index is 2.48. The van der Waals surface area contributed by atoms with Crippen LogP contribution in [0.2, 0.25) is 0 Å². The van der Waals surface area contributed by atoms with Gasteiger partial charge < -0.3 is 10.6 Å². The van der Waals surface area contributed by atoms with Gasteiger partial charge in [-0.3, -0.25) is 4.79 Å². The lowest BCUT2D eigenvalue weighted by atomic mass is 9.80. The maximum atomic E-state index is 12.1. The van der Waals surface area contributed by atoms with Crippen molar-refractivity contribution < 1.29 is 4.79 Å². The van der Waals surface area contributed by atoms with Crippen LogP contribution in [-0.2, 0) is 4.79 Å². The highest BCUT2D eigenvalue weighted by Crippen LogP contribution is 2.29. The Morgan fingerprint density at radius 3 is 2.59 bits per heavy atom. The zero-order valence-corrected chi connectivity index (χ0v) is 10.7. The van der Waals surface area contributed by atoms with Crippen molar-refractivity contribution in [1.29, 1.82) is 5.26 Å². The van der Waals surface area contributed by atoms with E-state index in [1.807, 2.05) is 6.92 Å². The second kappa shape index (κ2) is 6.61. The maximum Gasteiger partial charge on any atom is 0.224 e. The third-order valence-electron chi connectivity index (χ3n) is 3.58. The highest BCUT2D eigenvalue weighted by molar-refractivity contribution is 5.77. The molecule has 0 unspecified atom stereocenters. The summed E-state index contributed by atoms with van der Waals surface area (Å²) in [5.74, 6) is 0.104. The molecule has 0 aromatic carbocycles. The Bertz CT molecular complexity index is 290. The van der Waals surface area contributed by atoms with Gasteiger partial charge in [0.25, 0.3) is 0 Å². The number of nitrogens with zero attached hydrogens (tertiary/aromatic N) is 2. The van der Waals surface area contributed by atoms with Gasteiger partial charge in [-0.25, -0.2) is 0 Å². The number of carbonyl (C=O) groups is 1. The van der Waals surface area contributed by atoms with Crippen molar-refractivity contribution in [1.82, 2.24) is 4.90 Å². The summed E-state index contributed by atoms with van der Waals surface area (Å²) in [5.41, 5.74) is 5.97. The second-order valence-corrected chi connectivity index (χ2v) is 4.98. The van der Waals surface area contributed by atoms with Crippen LogP contribution in [-0.4, -0.2) is 29.4 Å². The monoisotopic (exact) mass is 237 g/mol. The molecule has 0 radical (unpaired) electrons.